The minimum atomic E-state index is -0.387. The van der Waals surface area contributed by atoms with Crippen molar-refractivity contribution in [1.82, 2.24) is 29.3 Å². The summed E-state index contributed by atoms with van der Waals surface area (Å²) in [5, 5.41) is 13.0. The second kappa shape index (κ2) is 8.47. The summed E-state index contributed by atoms with van der Waals surface area (Å²) < 4.78 is 19.5. The van der Waals surface area contributed by atoms with Gasteiger partial charge >= 0.3 is 0 Å². The monoisotopic (exact) mass is 446 g/mol. The Morgan fingerprint density at radius 2 is 2.03 bits per heavy atom. The largest absolute Gasteiger partial charge is 0.490 e. The Balaban J connectivity index is 1.54. The molecular weight excluding hydrogens is 424 g/mol. The molecular formula is C23H22N6O4. The van der Waals surface area contributed by atoms with Crippen LogP contribution in [0.15, 0.2) is 58.2 Å². The van der Waals surface area contributed by atoms with Gasteiger partial charge in [-0.15, -0.1) is 10.2 Å². The van der Waals surface area contributed by atoms with Gasteiger partial charge in [0.2, 0.25) is 0 Å². The molecule has 168 valence electrons. The van der Waals surface area contributed by atoms with Crippen molar-refractivity contribution in [3.8, 4) is 17.1 Å². The molecule has 5 aromatic rings. The lowest BCUT2D eigenvalue weighted by molar-refractivity contribution is 0.146. The highest BCUT2D eigenvalue weighted by molar-refractivity contribution is 5.78. The minimum absolute atomic E-state index is 0.191. The highest BCUT2D eigenvalue weighted by atomic mass is 16.5. The number of hydrogen-bond acceptors (Lipinski definition) is 8. The van der Waals surface area contributed by atoms with Crippen molar-refractivity contribution in [1.29, 1.82) is 0 Å². The first-order chi connectivity index (χ1) is 16.0. The lowest BCUT2D eigenvalue weighted by Gasteiger charge is -2.15. The first-order valence-electron chi connectivity index (χ1n) is 10.5. The molecule has 5 heterocycles. The van der Waals surface area contributed by atoms with Crippen molar-refractivity contribution in [2.45, 2.75) is 19.9 Å². The van der Waals surface area contributed by atoms with E-state index in [4.69, 9.17) is 14.0 Å². The first kappa shape index (κ1) is 20.8. The Bertz CT molecular complexity index is 1500. The summed E-state index contributed by atoms with van der Waals surface area (Å²) in [6.45, 7) is 4.59. The molecule has 0 saturated heterocycles. The Kier molecular flexibility index (Phi) is 5.35. The maximum absolute atomic E-state index is 13.3. The summed E-state index contributed by atoms with van der Waals surface area (Å²) >= 11 is 0. The molecule has 5 aromatic heterocycles. The van der Waals surface area contributed by atoms with E-state index < -0.39 is 0 Å². The van der Waals surface area contributed by atoms with Crippen LogP contribution in [0.4, 0.5) is 0 Å². The molecule has 0 aliphatic carbocycles. The molecule has 0 bridgehead atoms. The van der Waals surface area contributed by atoms with Gasteiger partial charge in [-0.25, -0.2) is 0 Å². The van der Waals surface area contributed by atoms with Crippen molar-refractivity contribution in [2.24, 2.45) is 0 Å². The quantitative estimate of drug-likeness (QED) is 0.351. The summed E-state index contributed by atoms with van der Waals surface area (Å²) in [6, 6.07) is 8.74. The van der Waals surface area contributed by atoms with Crippen molar-refractivity contribution >= 4 is 16.6 Å². The van der Waals surface area contributed by atoms with E-state index in [1.165, 1.54) is 0 Å². The van der Waals surface area contributed by atoms with Crippen molar-refractivity contribution in [3.63, 3.8) is 0 Å². The number of fused-ring (bicyclic) bond motifs is 2. The number of rotatable bonds is 7. The van der Waals surface area contributed by atoms with Crippen molar-refractivity contribution in [2.75, 3.05) is 20.3 Å². The van der Waals surface area contributed by atoms with Crippen LogP contribution in [0, 0.1) is 6.92 Å². The smallest absolute Gasteiger partial charge is 0.260 e. The summed E-state index contributed by atoms with van der Waals surface area (Å²) in [5.74, 6) is 1.78. The zero-order chi connectivity index (χ0) is 22.9. The van der Waals surface area contributed by atoms with Gasteiger partial charge < -0.3 is 18.6 Å². The lowest BCUT2D eigenvalue weighted by Crippen LogP contribution is -2.25. The van der Waals surface area contributed by atoms with Gasteiger partial charge in [-0.2, -0.15) is 0 Å². The molecule has 0 radical (unpaired) electrons. The molecule has 10 heteroatoms. The third-order valence-electron chi connectivity index (χ3n) is 5.44. The Morgan fingerprint density at radius 1 is 1.15 bits per heavy atom. The van der Waals surface area contributed by atoms with Crippen LogP contribution in [0.5, 0.6) is 5.75 Å². The van der Waals surface area contributed by atoms with E-state index in [-0.39, 0.29) is 11.6 Å². The lowest BCUT2D eigenvalue weighted by atomic mass is 10.2. The number of aryl methyl sites for hydroxylation is 1. The number of nitrogens with zero attached hydrogens (tertiary/aromatic N) is 6. The Labute approximate surface area is 188 Å². The number of methoxy groups -OCH3 is 1. The number of hydrogen-bond donors (Lipinski definition) is 0. The summed E-state index contributed by atoms with van der Waals surface area (Å²) in [4.78, 5) is 17.7. The van der Waals surface area contributed by atoms with Crippen molar-refractivity contribution in [3.05, 3.63) is 70.8 Å². The predicted octanol–water partition coefficient (Wildman–Crippen LogP) is 3.04. The first-order valence-corrected chi connectivity index (χ1v) is 10.5. The van der Waals surface area contributed by atoms with E-state index in [2.05, 4.69) is 20.3 Å². The zero-order valence-corrected chi connectivity index (χ0v) is 18.4. The molecule has 0 amide bonds. The van der Waals surface area contributed by atoms with Crippen LogP contribution in [-0.2, 0) is 4.74 Å². The Hall–Kier alpha value is -4.05. The Morgan fingerprint density at radius 3 is 2.82 bits per heavy atom. The maximum atomic E-state index is 13.3. The molecule has 1 atom stereocenters. The van der Waals surface area contributed by atoms with Crippen molar-refractivity contribution < 1.29 is 14.0 Å². The van der Waals surface area contributed by atoms with E-state index in [0.717, 1.165) is 11.3 Å². The van der Waals surface area contributed by atoms with E-state index in [1.54, 1.807) is 36.2 Å². The molecule has 0 N–H and O–H groups in total. The fourth-order valence-corrected chi connectivity index (χ4v) is 3.71. The van der Waals surface area contributed by atoms with Gasteiger partial charge in [0.15, 0.2) is 17.2 Å². The number of aromatic nitrogens is 6. The topological polar surface area (TPSA) is 110 Å². The summed E-state index contributed by atoms with van der Waals surface area (Å²) in [6.07, 6.45) is 5.21. The molecule has 0 saturated carbocycles. The fraction of sp³-hybridized carbons (Fsp3) is 0.261. The highest BCUT2D eigenvalue weighted by Crippen LogP contribution is 2.24. The van der Waals surface area contributed by atoms with Gasteiger partial charge in [0.1, 0.15) is 12.4 Å². The fourth-order valence-electron chi connectivity index (χ4n) is 3.71. The number of ether oxygens (including phenoxy) is 2. The maximum Gasteiger partial charge on any atom is 0.260 e. The second-order valence-corrected chi connectivity index (χ2v) is 7.69. The van der Waals surface area contributed by atoms with Gasteiger partial charge in [0.05, 0.1) is 35.4 Å². The van der Waals surface area contributed by atoms with Crippen LogP contribution in [0.3, 0.4) is 0 Å². The normalized spacial score (nSPS) is 12.5. The van der Waals surface area contributed by atoms with Crippen LogP contribution in [0.2, 0.25) is 0 Å². The standard InChI is InChI=1S/C23H22N6O4/c1-14-10-20(33-27-14)16-4-5-21-25-26-22(29(21)13-16)15(2)28-7-6-19-18(23(28)30)11-17(12-24-19)32-9-8-31-3/h4-7,10-13,15H,8-9H2,1-3H3. The summed E-state index contributed by atoms with van der Waals surface area (Å²) in [7, 11) is 1.60. The molecule has 0 aromatic carbocycles. The average molecular weight is 446 g/mol. The third kappa shape index (κ3) is 3.85. The van der Waals surface area contributed by atoms with Gasteiger partial charge in [-0.3, -0.25) is 14.2 Å². The van der Waals surface area contributed by atoms with E-state index in [9.17, 15) is 4.79 Å². The molecule has 0 spiro atoms. The van der Waals surface area contributed by atoms with E-state index >= 15 is 0 Å². The summed E-state index contributed by atoms with van der Waals surface area (Å²) in [5.41, 5.74) is 2.70. The minimum Gasteiger partial charge on any atom is -0.490 e. The van der Waals surface area contributed by atoms with Gasteiger partial charge in [-0.1, -0.05) is 5.16 Å². The van der Waals surface area contributed by atoms with Crippen LogP contribution >= 0.6 is 0 Å². The van der Waals surface area contributed by atoms with Crippen LogP contribution in [0.25, 0.3) is 27.9 Å². The van der Waals surface area contributed by atoms with Gasteiger partial charge in [-0.05, 0) is 38.1 Å². The molecule has 10 nitrogen and oxygen atoms in total. The SMILES string of the molecule is COCCOc1cnc2ccn(C(C)c3nnc4ccc(-c5cc(C)no5)cn34)c(=O)c2c1. The van der Waals surface area contributed by atoms with Gasteiger partial charge in [0.25, 0.3) is 5.56 Å². The second-order valence-electron chi connectivity index (χ2n) is 7.69. The van der Waals surface area contributed by atoms with Gasteiger partial charge in [0, 0.05) is 31.1 Å². The average Bonchev–Trinajstić information content (AvgIpc) is 3.45. The molecule has 1 unspecified atom stereocenters. The van der Waals surface area contributed by atoms with Crippen LogP contribution < -0.4 is 10.3 Å². The predicted molar refractivity (Wildman–Crippen MR) is 120 cm³/mol. The third-order valence-corrected chi connectivity index (χ3v) is 5.44. The molecule has 5 rings (SSSR count). The molecule has 0 aliphatic heterocycles. The molecule has 33 heavy (non-hydrogen) atoms. The molecule has 0 aliphatic rings. The number of pyridine rings is 3. The van der Waals surface area contributed by atoms with E-state index in [1.807, 2.05) is 42.6 Å². The molecule has 0 fully saturated rings. The zero-order valence-electron chi connectivity index (χ0n) is 18.4. The van der Waals surface area contributed by atoms with Crippen LogP contribution in [0.1, 0.15) is 24.5 Å². The van der Waals surface area contributed by atoms with E-state index in [0.29, 0.717) is 47.1 Å². The highest BCUT2D eigenvalue weighted by Gasteiger charge is 2.19. The van der Waals surface area contributed by atoms with Crippen LogP contribution in [-0.4, -0.2) is 49.6 Å².